The van der Waals surface area contributed by atoms with Gasteiger partial charge in [0.25, 0.3) is 0 Å². The van der Waals surface area contributed by atoms with Crippen molar-refractivity contribution >= 4 is 23.5 Å². The molecule has 4 rings (SSSR count). The molecule has 0 aliphatic heterocycles. The molecule has 0 unspecified atom stereocenters. The molecule has 0 spiro atoms. The largest absolute Gasteiger partial charge is 0.463 e. The van der Waals surface area contributed by atoms with Gasteiger partial charge >= 0.3 is 0 Å². The van der Waals surface area contributed by atoms with Crippen molar-refractivity contribution in [2.45, 2.75) is 18.5 Å². The molecule has 4 aromatic rings. The molecule has 0 radical (unpaired) electrons. The summed E-state index contributed by atoms with van der Waals surface area (Å²) >= 11 is 1.32. The number of carbonyl (C=O) groups excluding carboxylic acids is 1. The minimum atomic E-state index is -0.174. The van der Waals surface area contributed by atoms with Gasteiger partial charge in [-0.15, -0.1) is 10.2 Å². The summed E-state index contributed by atoms with van der Waals surface area (Å²) in [6.07, 6.45) is 3.38. The van der Waals surface area contributed by atoms with Gasteiger partial charge < -0.3 is 18.7 Å². The van der Waals surface area contributed by atoms with Crippen LogP contribution in [0.1, 0.15) is 12.2 Å². The molecule has 4 aromatic heterocycles. The highest BCUT2D eigenvalue weighted by Gasteiger charge is 2.18. The minimum absolute atomic E-state index is 0.174. The van der Waals surface area contributed by atoms with Crippen molar-refractivity contribution in [3.8, 4) is 22.9 Å². The second-order valence-corrected chi connectivity index (χ2v) is 6.78. The molecular weight excluding hydrogens is 382 g/mol. The predicted octanol–water partition coefficient (Wildman–Crippen LogP) is 3.81. The Morgan fingerprint density at radius 2 is 1.86 bits per heavy atom. The van der Waals surface area contributed by atoms with Crippen molar-refractivity contribution < 1.29 is 18.2 Å². The molecule has 0 aliphatic carbocycles. The summed E-state index contributed by atoms with van der Waals surface area (Å²) in [5.41, 5.74) is 1.02. The molecular formula is C18H15N5O4S. The number of furan rings is 2. The highest BCUT2D eigenvalue weighted by molar-refractivity contribution is 7.99. The van der Waals surface area contributed by atoms with E-state index >= 15 is 0 Å². The van der Waals surface area contributed by atoms with Crippen LogP contribution in [0.25, 0.3) is 22.9 Å². The van der Waals surface area contributed by atoms with Crippen LogP contribution in [-0.2, 0) is 4.79 Å². The lowest BCUT2D eigenvalue weighted by molar-refractivity contribution is -0.115. The van der Waals surface area contributed by atoms with Gasteiger partial charge in [0, 0.05) is 18.2 Å². The van der Waals surface area contributed by atoms with Crippen molar-refractivity contribution in [1.29, 1.82) is 0 Å². The van der Waals surface area contributed by atoms with E-state index in [1.54, 1.807) is 49.8 Å². The second kappa shape index (κ2) is 8.09. The molecule has 4 heterocycles. The van der Waals surface area contributed by atoms with Gasteiger partial charge in [-0.3, -0.25) is 4.79 Å². The van der Waals surface area contributed by atoms with Crippen LogP contribution in [-0.4, -0.2) is 32.0 Å². The molecule has 0 atom stereocenters. The molecule has 0 bridgehead atoms. The van der Waals surface area contributed by atoms with Crippen LogP contribution in [0.4, 0.5) is 5.82 Å². The van der Waals surface area contributed by atoms with Gasteiger partial charge in [0.2, 0.25) is 11.1 Å². The van der Waals surface area contributed by atoms with Gasteiger partial charge in [-0.2, -0.15) is 0 Å². The van der Waals surface area contributed by atoms with E-state index in [1.165, 1.54) is 11.8 Å². The number of anilines is 1. The normalized spacial score (nSPS) is 10.9. The molecule has 1 N–H and O–H groups in total. The van der Waals surface area contributed by atoms with Crippen molar-refractivity contribution in [2.24, 2.45) is 0 Å². The van der Waals surface area contributed by atoms with Crippen molar-refractivity contribution in [2.75, 3.05) is 11.1 Å². The van der Waals surface area contributed by atoms with Gasteiger partial charge in [0.05, 0.1) is 12.5 Å². The van der Waals surface area contributed by atoms with Gasteiger partial charge in [-0.1, -0.05) is 16.9 Å². The molecule has 28 heavy (non-hydrogen) atoms. The maximum absolute atomic E-state index is 12.0. The molecule has 1 amide bonds. The highest BCUT2D eigenvalue weighted by Crippen LogP contribution is 2.30. The molecule has 9 nitrogen and oxygen atoms in total. The third kappa shape index (κ3) is 4.12. The number of rotatable bonds is 7. The molecule has 0 aromatic carbocycles. The fraction of sp³-hybridized carbons (Fsp3) is 0.167. The molecule has 0 saturated carbocycles. The topological polar surface area (TPSA) is 120 Å². The maximum Gasteiger partial charge on any atom is 0.226 e. The number of thioether (sulfide) groups is 1. The monoisotopic (exact) mass is 397 g/mol. The summed E-state index contributed by atoms with van der Waals surface area (Å²) in [6.45, 7) is 1.76. The first kappa shape index (κ1) is 18.0. The number of carbonyl (C=O) groups is 1. The van der Waals surface area contributed by atoms with E-state index in [2.05, 4.69) is 25.7 Å². The van der Waals surface area contributed by atoms with Crippen molar-refractivity contribution in [1.82, 2.24) is 20.3 Å². The standard InChI is InChI=1S/C18H15N5O4S/c1-11-10-14(23-27-11)19-15(24)6-9-28-18-20-16(12-4-2-7-25-12)17(21-22-18)13-5-3-8-26-13/h2-5,7-8,10H,6,9H2,1H3,(H,19,23,24). The van der Waals surface area contributed by atoms with Crippen LogP contribution in [0.5, 0.6) is 0 Å². The number of aryl methyl sites for hydroxylation is 1. The number of nitrogens with zero attached hydrogens (tertiary/aromatic N) is 4. The predicted molar refractivity (Wildman–Crippen MR) is 100 cm³/mol. The Morgan fingerprint density at radius 3 is 2.50 bits per heavy atom. The first-order chi connectivity index (χ1) is 13.7. The van der Waals surface area contributed by atoms with Crippen molar-refractivity contribution in [3.63, 3.8) is 0 Å². The van der Waals surface area contributed by atoms with Gasteiger partial charge in [0.1, 0.15) is 11.5 Å². The molecule has 0 fully saturated rings. The lowest BCUT2D eigenvalue weighted by Crippen LogP contribution is -2.12. The van der Waals surface area contributed by atoms with E-state index in [9.17, 15) is 4.79 Å². The SMILES string of the molecule is Cc1cc(NC(=O)CCSc2nnc(-c3ccco3)c(-c3ccco3)n2)no1. The smallest absolute Gasteiger partial charge is 0.226 e. The Morgan fingerprint density at radius 1 is 1.11 bits per heavy atom. The van der Waals surface area contributed by atoms with Crippen molar-refractivity contribution in [3.05, 3.63) is 48.6 Å². The zero-order chi connectivity index (χ0) is 19.3. The lowest BCUT2D eigenvalue weighted by Gasteiger charge is -2.05. The van der Waals surface area contributed by atoms with E-state index in [0.29, 0.717) is 45.4 Å². The Labute approximate surface area is 163 Å². The first-order valence-electron chi connectivity index (χ1n) is 8.37. The van der Waals surface area contributed by atoms with Crippen LogP contribution in [0, 0.1) is 6.92 Å². The number of nitrogens with one attached hydrogen (secondary N) is 1. The lowest BCUT2D eigenvalue weighted by atomic mass is 10.2. The summed E-state index contributed by atoms with van der Waals surface area (Å²) in [5.74, 6) is 2.43. The van der Waals surface area contributed by atoms with E-state index < -0.39 is 0 Å². The summed E-state index contributed by atoms with van der Waals surface area (Å²) in [5, 5.41) is 15.2. The van der Waals surface area contributed by atoms with Crippen LogP contribution in [0.2, 0.25) is 0 Å². The number of hydrogen-bond donors (Lipinski definition) is 1. The quantitative estimate of drug-likeness (QED) is 0.464. The molecule has 0 aliphatic rings. The molecule has 10 heteroatoms. The number of amides is 1. The average molecular weight is 397 g/mol. The first-order valence-corrected chi connectivity index (χ1v) is 9.36. The Balaban J connectivity index is 1.44. The summed E-state index contributed by atoms with van der Waals surface area (Å²) in [4.78, 5) is 16.5. The van der Waals surface area contributed by atoms with Gasteiger partial charge in [0.15, 0.2) is 23.0 Å². The molecule has 0 saturated heterocycles. The van der Waals surface area contributed by atoms with Crippen LogP contribution in [0.3, 0.4) is 0 Å². The summed E-state index contributed by atoms with van der Waals surface area (Å²) in [7, 11) is 0. The maximum atomic E-state index is 12.0. The third-order valence-corrected chi connectivity index (χ3v) is 4.47. The number of aromatic nitrogens is 4. The van der Waals surface area contributed by atoms with Crippen LogP contribution in [0.15, 0.2) is 61.4 Å². The fourth-order valence-corrected chi connectivity index (χ4v) is 3.13. The van der Waals surface area contributed by atoms with Gasteiger partial charge in [-0.25, -0.2) is 4.98 Å². The zero-order valence-electron chi connectivity index (χ0n) is 14.8. The minimum Gasteiger partial charge on any atom is -0.463 e. The highest BCUT2D eigenvalue weighted by atomic mass is 32.2. The Kier molecular flexibility index (Phi) is 5.20. The van der Waals surface area contributed by atoms with E-state index in [4.69, 9.17) is 13.4 Å². The average Bonchev–Trinajstić information content (AvgIpc) is 3.45. The van der Waals surface area contributed by atoms with E-state index in [0.717, 1.165) is 0 Å². The van der Waals surface area contributed by atoms with Crippen LogP contribution >= 0.6 is 11.8 Å². The van der Waals surface area contributed by atoms with Gasteiger partial charge in [-0.05, 0) is 31.2 Å². The Hall–Kier alpha value is -3.40. The van der Waals surface area contributed by atoms with E-state index in [-0.39, 0.29) is 12.3 Å². The third-order valence-electron chi connectivity index (χ3n) is 3.63. The fourth-order valence-electron chi connectivity index (χ4n) is 2.40. The van der Waals surface area contributed by atoms with E-state index in [1.807, 2.05) is 0 Å². The number of hydrogen-bond acceptors (Lipinski definition) is 9. The van der Waals surface area contributed by atoms with Crippen LogP contribution < -0.4 is 5.32 Å². The molecule has 142 valence electrons. The second-order valence-electron chi connectivity index (χ2n) is 5.72. The summed E-state index contributed by atoms with van der Waals surface area (Å²) in [6, 6.07) is 8.76. The summed E-state index contributed by atoms with van der Waals surface area (Å²) < 4.78 is 15.8. The zero-order valence-corrected chi connectivity index (χ0v) is 15.6. The Bertz CT molecular complexity index is 1060.